The highest BCUT2D eigenvalue weighted by Gasteiger charge is 2.08. The molecule has 0 aliphatic carbocycles. The minimum atomic E-state index is 0.203. The molecule has 0 radical (unpaired) electrons. The fraction of sp³-hybridized carbons (Fsp3) is 0.154. The lowest BCUT2D eigenvalue weighted by atomic mass is 10.1. The van der Waals surface area contributed by atoms with E-state index < -0.39 is 0 Å². The number of H-pyrrole nitrogens is 1. The van der Waals surface area contributed by atoms with Crippen LogP contribution in [-0.2, 0) is 6.42 Å². The van der Waals surface area contributed by atoms with E-state index in [4.69, 9.17) is 5.73 Å². The molecule has 6 heteroatoms. The molecule has 0 bridgehead atoms. The molecule has 0 aliphatic heterocycles. The van der Waals surface area contributed by atoms with Crippen molar-refractivity contribution in [1.82, 2.24) is 19.9 Å². The summed E-state index contributed by atoms with van der Waals surface area (Å²) in [5.74, 6) is 0.835. The van der Waals surface area contributed by atoms with Crippen molar-refractivity contribution in [2.75, 3.05) is 11.1 Å². The third-order valence-corrected chi connectivity index (χ3v) is 2.90. The molecular weight excluding hydrogens is 240 g/mol. The van der Waals surface area contributed by atoms with Crippen LogP contribution in [0.3, 0.4) is 0 Å². The maximum atomic E-state index is 5.68. The van der Waals surface area contributed by atoms with Crippen LogP contribution in [0, 0.1) is 0 Å². The Bertz CT molecular complexity index is 718. The van der Waals surface area contributed by atoms with Crippen LogP contribution in [0.1, 0.15) is 12.5 Å². The van der Waals surface area contributed by atoms with Crippen LogP contribution in [-0.4, -0.2) is 19.9 Å². The summed E-state index contributed by atoms with van der Waals surface area (Å²) in [6.45, 7) is 2.12. The van der Waals surface area contributed by atoms with E-state index in [1.807, 2.05) is 12.1 Å². The number of benzene rings is 1. The largest absolute Gasteiger partial charge is 0.368 e. The Morgan fingerprint density at radius 1 is 1.32 bits per heavy atom. The number of aromatic nitrogens is 4. The first kappa shape index (κ1) is 11.5. The molecular formula is C13H14N6. The average Bonchev–Trinajstić information content (AvgIpc) is 2.87. The van der Waals surface area contributed by atoms with Gasteiger partial charge in [0.2, 0.25) is 5.95 Å². The van der Waals surface area contributed by atoms with Gasteiger partial charge in [0.15, 0.2) is 11.5 Å². The Balaban J connectivity index is 2.02. The minimum absolute atomic E-state index is 0.203. The van der Waals surface area contributed by atoms with Crippen molar-refractivity contribution < 1.29 is 0 Å². The standard InChI is InChI=1S/C13H14N6/c1-2-8-4-3-5-9(6-8)17-12-10-11(16-7-15-10)18-13(14)19-12/h3-7H,2H2,1H3,(H4,14,15,16,17,18,19). The summed E-state index contributed by atoms with van der Waals surface area (Å²) in [6.07, 6.45) is 2.56. The van der Waals surface area contributed by atoms with E-state index >= 15 is 0 Å². The van der Waals surface area contributed by atoms with E-state index in [1.54, 1.807) is 6.33 Å². The Morgan fingerprint density at radius 2 is 2.21 bits per heavy atom. The van der Waals surface area contributed by atoms with Crippen molar-refractivity contribution in [3.63, 3.8) is 0 Å². The number of nitrogen functional groups attached to an aromatic ring is 1. The van der Waals surface area contributed by atoms with Gasteiger partial charge in [0, 0.05) is 5.69 Å². The van der Waals surface area contributed by atoms with Crippen LogP contribution in [0.15, 0.2) is 30.6 Å². The molecule has 0 spiro atoms. The van der Waals surface area contributed by atoms with Gasteiger partial charge in [-0.25, -0.2) is 4.98 Å². The number of aryl methyl sites for hydroxylation is 1. The SMILES string of the molecule is CCc1cccc(Nc2nc(N)nc3nc[nH]c23)c1. The van der Waals surface area contributed by atoms with Gasteiger partial charge in [0.05, 0.1) is 6.33 Å². The molecule has 19 heavy (non-hydrogen) atoms. The molecule has 0 aliphatic rings. The van der Waals surface area contributed by atoms with E-state index in [2.05, 4.69) is 44.3 Å². The number of aromatic amines is 1. The van der Waals surface area contributed by atoms with E-state index in [1.165, 1.54) is 5.56 Å². The Labute approximate surface area is 110 Å². The van der Waals surface area contributed by atoms with Gasteiger partial charge in [-0.3, -0.25) is 0 Å². The van der Waals surface area contributed by atoms with E-state index in [0.29, 0.717) is 11.5 Å². The summed E-state index contributed by atoms with van der Waals surface area (Å²) in [6, 6.07) is 8.17. The zero-order chi connectivity index (χ0) is 13.2. The van der Waals surface area contributed by atoms with Crippen molar-refractivity contribution in [2.45, 2.75) is 13.3 Å². The topological polar surface area (TPSA) is 92.5 Å². The van der Waals surface area contributed by atoms with Gasteiger partial charge in [-0.2, -0.15) is 9.97 Å². The van der Waals surface area contributed by atoms with Crippen molar-refractivity contribution in [3.05, 3.63) is 36.2 Å². The number of anilines is 3. The van der Waals surface area contributed by atoms with Crippen molar-refractivity contribution in [3.8, 4) is 0 Å². The first-order valence-corrected chi connectivity index (χ1v) is 6.09. The number of imidazole rings is 1. The highest BCUT2D eigenvalue weighted by molar-refractivity contribution is 5.85. The van der Waals surface area contributed by atoms with Crippen LogP contribution in [0.2, 0.25) is 0 Å². The lowest BCUT2D eigenvalue weighted by molar-refractivity contribution is 1.14. The fourth-order valence-electron chi connectivity index (χ4n) is 1.95. The van der Waals surface area contributed by atoms with Gasteiger partial charge in [-0.1, -0.05) is 19.1 Å². The maximum absolute atomic E-state index is 5.68. The molecule has 4 N–H and O–H groups in total. The quantitative estimate of drug-likeness (QED) is 0.666. The predicted molar refractivity (Wildman–Crippen MR) is 75.2 cm³/mol. The maximum Gasteiger partial charge on any atom is 0.224 e. The van der Waals surface area contributed by atoms with E-state index in [0.717, 1.165) is 17.6 Å². The molecule has 0 amide bonds. The van der Waals surface area contributed by atoms with Gasteiger partial charge in [-0.05, 0) is 24.1 Å². The number of fused-ring (bicyclic) bond motifs is 1. The summed E-state index contributed by atoms with van der Waals surface area (Å²) in [7, 11) is 0. The first-order chi connectivity index (χ1) is 9.26. The van der Waals surface area contributed by atoms with Crippen molar-refractivity contribution >= 4 is 28.6 Å². The fourth-order valence-corrected chi connectivity index (χ4v) is 1.95. The predicted octanol–water partition coefficient (Wildman–Crippen LogP) is 2.24. The van der Waals surface area contributed by atoms with Gasteiger partial charge in [0.1, 0.15) is 5.52 Å². The third-order valence-electron chi connectivity index (χ3n) is 2.90. The van der Waals surface area contributed by atoms with Crippen LogP contribution < -0.4 is 11.1 Å². The van der Waals surface area contributed by atoms with Crippen LogP contribution >= 0.6 is 0 Å². The zero-order valence-electron chi connectivity index (χ0n) is 10.5. The molecule has 0 unspecified atom stereocenters. The molecule has 0 saturated heterocycles. The molecule has 0 fully saturated rings. The normalized spacial score (nSPS) is 10.8. The number of hydrogen-bond acceptors (Lipinski definition) is 5. The molecule has 3 aromatic rings. The Kier molecular flexibility index (Phi) is 2.75. The second-order valence-corrected chi connectivity index (χ2v) is 4.21. The second kappa shape index (κ2) is 4.56. The van der Waals surface area contributed by atoms with Gasteiger partial charge < -0.3 is 16.0 Å². The highest BCUT2D eigenvalue weighted by atomic mass is 15.1. The second-order valence-electron chi connectivity index (χ2n) is 4.21. The van der Waals surface area contributed by atoms with E-state index in [-0.39, 0.29) is 5.95 Å². The summed E-state index contributed by atoms with van der Waals surface area (Å²) >= 11 is 0. The molecule has 2 heterocycles. The average molecular weight is 254 g/mol. The van der Waals surface area contributed by atoms with Gasteiger partial charge in [-0.15, -0.1) is 0 Å². The highest BCUT2D eigenvalue weighted by Crippen LogP contribution is 2.22. The Hall–Kier alpha value is -2.63. The molecule has 1 aromatic carbocycles. The third kappa shape index (κ3) is 2.20. The number of hydrogen-bond donors (Lipinski definition) is 3. The molecule has 3 rings (SSSR count). The number of nitrogens with zero attached hydrogens (tertiary/aromatic N) is 3. The summed E-state index contributed by atoms with van der Waals surface area (Å²) in [5, 5.41) is 3.25. The monoisotopic (exact) mass is 254 g/mol. The van der Waals surface area contributed by atoms with Crippen LogP contribution in [0.5, 0.6) is 0 Å². The molecule has 0 saturated carbocycles. The summed E-state index contributed by atoms with van der Waals surface area (Å²) in [5.41, 5.74) is 9.20. The number of rotatable bonds is 3. The number of nitrogens with one attached hydrogen (secondary N) is 2. The summed E-state index contributed by atoms with van der Waals surface area (Å²) in [4.78, 5) is 15.4. The molecule has 96 valence electrons. The minimum Gasteiger partial charge on any atom is -0.368 e. The first-order valence-electron chi connectivity index (χ1n) is 6.09. The van der Waals surface area contributed by atoms with Crippen molar-refractivity contribution in [2.24, 2.45) is 0 Å². The molecule has 6 nitrogen and oxygen atoms in total. The van der Waals surface area contributed by atoms with E-state index in [9.17, 15) is 0 Å². The lowest BCUT2D eigenvalue weighted by Crippen LogP contribution is -2.01. The van der Waals surface area contributed by atoms with Crippen molar-refractivity contribution in [1.29, 1.82) is 0 Å². The Morgan fingerprint density at radius 3 is 3.05 bits per heavy atom. The lowest BCUT2D eigenvalue weighted by Gasteiger charge is -2.08. The van der Waals surface area contributed by atoms with Gasteiger partial charge >= 0.3 is 0 Å². The molecule has 2 aromatic heterocycles. The van der Waals surface area contributed by atoms with Crippen LogP contribution in [0.25, 0.3) is 11.2 Å². The van der Waals surface area contributed by atoms with Gasteiger partial charge in [0.25, 0.3) is 0 Å². The smallest absolute Gasteiger partial charge is 0.224 e. The zero-order valence-corrected chi connectivity index (χ0v) is 10.5. The molecule has 0 atom stereocenters. The summed E-state index contributed by atoms with van der Waals surface area (Å²) < 4.78 is 0. The van der Waals surface area contributed by atoms with Crippen LogP contribution in [0.4, 0.5) is 17.5 Å². The number of nitrogens with two attached hydrogens (primary N) is 1.